The SMILES string of the molecule is C=CCN1C(=O)C(=Cc2ccc(Sc3ccc(Cl)cc3)o2)SC1=S. The van der Waals surface area contributed by atoms with Crippen LogP contribution in [0.5, 0.6) is 0 Å². The Bertz CT molecular complexity index is 827. The molecule has 3 rings (SSSR count). The molecule has 1 aliphatic rings. The summed E-state index contributed by atoms with van der Waals surface area (Å²) in [5.74, 6) is 0.499. The van der Waals surface area contributed by atoms with Gasteiger partial charge in [0.15, 0.2) is 5.09 Å². The Balaban J connectivity index is 1.74. The van der Waals surface area contributed by atoms with Crippen LogP contribution in [0, 0.1) is 0 Å². The van der Waals surface area contributed by atoms with Gasteiger partial charge in [-0.1, -0.05) is 53.4 Å². The zero-order chi connectivity index (χ0) is 17.1. The van der Waals surface area contributed by atoms with Gasteiger partial charge in [-0.3, -0.25) is 9.69 Å². The number of nitrogens with zero attached hydrogens (tertiary/aromatic N) is 1. The number of thiocarbonyl (C=S) groups is 1. The summed E-state index contributed by atoms with van der Waals surface area (Å²) in [4.78, 5) is 15.4. The Hall–Kier alpha value is -1.47. The van der Waals surface area contributed by atoms with Crippen molar-refractivity contribution < 1.29 is 9.21 Å². The molecule has 3 nitrogen and oxygen atoms in total. The van der Waals surface area contributed by atoms with Crippen molar-refractivity contribution in [2.45, 2.75) is 9.99 Å². The Morgan fingerprint density at radius 3 is 2.75 bits per heavy atom. The predicted molar refractivity (Wildman–Crippen MR) is 104 cm³/mol. The van der Waals surface area contributed by atoms with E-state index < -0.39 is 0 Å². The molecule has 1 saturated heterocycles. The van der Waals surface area contributed by atoms with Gasteiger partial charge in [0.05, 0.1) is 4.91 Å². The smallest absolute Gasteiger partial charge is 0.266 e. The van der Waals surface area contributed by atoms with Crippen molar-refractivity contribution in [2.24, 2.45) is 0 Å². The van der Waals surface area contributed by atoms with E-state index >= 15 is 0 Å². The lowest BCUT2D eigenvalue weighted by atomic mass is 10.3. The van der Waals surface area contributed by atoms with Crippen LogP contribution in [-0.2, 0) is 4.79 Å². The third-order valence-corrected chi connectivity index (χ3v) is 5.65. The van der Waals surface area contributed by atoms with Crippen molar-refractivity contribution in [3.8, 4) is 0 Å². The number of amides is 1. The van der Waals surface area contributed by atoms with Crippen LogP contribution in [0.25, 0.3) is 6.08 Å². The van der Waals surface area contributed by atoms with Gasteiger partial charge in [-0.25, -0.2) is 0 Å². The molecule has 24 heavy (non-hydrogen) atoms. The van der Waals surface area contributed by atoms with Gasteiger partial charge < -0.3 is 4.42 Å². The van der Waals surface area contributed by atoms with Crippen LogP contribution in [0.4, 0.5) is 0 Å². The van der Waals surface area contributed by atoms with Gasteiger partial charge in [-0.05, 0) is 36.4 Å². The molecule has 0 aliphatic carbocycles. The first-order valence-corrected chi connectivity index (χ1v) is 9.38. The van der Waals surface area contributed by atoms with E-state index in [-0.39, 0.29) is 5.91 Å². The van der Waals surface area contributed by atoms with Crippen molar-refractivity contribution in [3.05, 3.63) is 64.7 Å². The maximum atomic E-state index is 12.3. The topological polar surface area (TPSA) is 33.5 Å². The number of hydrogen-bond acceptors (Lipinski definition) is 5. The third kappa shape index (κ3) is 3.95. The van der Waals surface area contributed by atoms with Crippen LogP contribution in [0.15, 0.2) is 68.4 Å². The number of rotatable bonds is 5. The minimum absolute atomic E-state index is 0.117. The van der Waals surface area contributed by atoms with Gasteiger partial charge in [-0.15, -0.1) is 6.58 Å². The summed E-state index contributed by atoms with van der Waals surface area (Å²) >= 11 is 13.9. The summed E-state index contributed by atoms with van der Waals surface area (Å²) in [5, 5.41) is 1.44. The standard InChI is InChI=1S/C17H12ClNO2S3/c1-2-9-19-16(20)14(24-17(19)22)10-12-5-8-15(21-12)23-13-6-3-11(18)4-7-13/h2-8,10H,1,9H2. The van der Waals surface area contributed by atoms with Crippen molar-refractivity contribution >= 4 is 63.6 Å². The highest BCUT2D eigenvalue weighted by Crippen LogP contribution is 2.34. The average molecular weight is 394 g/mol. The van der Waals surface area contributed by atoms with Gasteiger partial charge >= 0.3 is 0 Å². The second-order valence-corrected chi connectivity index (χ2v) is 7.98. The number of benzene rings is 1. The van der Waals surface area contributed by atoms with Gasteiger partial charge in [0.2, 0.25) is 0 Å². The number of carbonyl (C=O) groups excluding carboxylic acids is 1. The Labute approximate surface area is 158 Å². The van der Waals surface area contributed by atoms with E-state index in [4.69, 9.17) is 28.2 Å². The van der Waals surface area contributed by atoms with Crippen LogP contribution in [-0.4, -0.2) is 21.7 Å². The largest absolute Gasteiger partial charge is 0.450 e. The summed E-state index contributed by atoms with van der Waals surface area (Å²) in [5.41, 5.74) is 0. The fourth-order valence-electron chi connectivity index (χ4n) is 2.00. The van der Waals surface area contributed by atoms with Crippen molar-refractivity contribution in [1.29, 1.82) is 0 Å². The van der Waals surface area contributed by atoms with Gasteiger partial charge in [0, 0.05) is 22.5 Å². The molecule has 0 atom stereocenters. The Morgan fingerprint density at radius 2 is 2.04 bits per heavy atom. The Morgan fingerprint density at radius 1 is 1.29 bits per heavy atom. The molecule has 0 spiro atoms. The van der Waals surface area contributed by atoms with E-state index in [0.29, 0.717) is 26.6 Å². The summed E-state index contributed by atoms with van der Waals surface area (Å²) < 4.78 is 6.30. The molecular formula is C17H12ClNO2S3. The molecule has 0 N–H and O–H groups in total. The predicted octanol–water partition coefficient (Wildman–Crippen LogP) is 5.47. The van der Waals surface area contributed by atoms with Crippen molar-refractivity contribution in [3.63, 3.8) is 0 Å². The van der Waals surface area contributed by atoms with Gasteiger partial charge in [0.1, 0.15) is 10.1 Å². The number of furan rings is 1. The molecule has 1 amide bonds. The molecule has 0 radical (unpaired) electrons. The molecular weight excluding hydrogens is 382 g/mol. The molecule has 7 heteroatoms. The van der Waals surface area contributed by atoms with Gasteiger partial charge in [-0.2, -0.15) is 0 Å². The normalized spacial score (nSPS) is 16.2. The first-order chi connectivity index (χ1) is 11.6. The second kappa shape index (κ2) is 7.61. The Kier molecular flexibility index (Phi) is 5.50. The first kappa shape index (κ1) is 17.4. The highest BCUT2D eigenvalue weighted by molar-refractivity contribution is 8.26. The fourth-order valence-corrected chi connectivity index (χ4v) is 4.16. The second-order valence-electron chi connectivity index (χ2n) is 4.79. The highest BCUT2D eigenvalue weighted by atomic mass is 35.5. The van der Waals surface area contributed by atoms with E-state index in [1.807, 2.05) is 36.4 Å². The lowest BCUT2D eigenvalue weighted by Crippen LogP contribution is -2.27. The summed E-state index contributed by atoms with van der Waals surface area (Å²) in [6, 6.07) is 11.2. The molecule has 2 aromatic rings. The highest BCUT2D eigenvalue weighted by Gasteiger charge is 2.31. The lowest BCUT2D eigenvalue weighted by Gasteiger charge is -2.10. The summed E-state index contributed by atoms with van der Waals surface area (Å²) in [6.45, 7) is 4.05. The number of hydrogen-bond donors (Lipinski definition) is 0. The molecule has 1 fully saturated rings. The van der Waals surface area contributed by atoms with Crippen LogP contribution in [0.3, 0.4) is 0 Å². The number of carbonyl (C=O) groups is 1. The quantitative estimate of drug-likeness (QED) is 0.382. The maximum Gasteiger partial charge on any atom is 0.266 e. The molecule has 0 bridgehead atoms. The molecule has 1 aromatic heterocycles. The van der Waals surface area contributed by atoms with Crippen LogP contribution in [0.2, 0.25) is 5.02 Å². The number of thioether (sulfide) groups is 1. The minimum Gasteiger partial charge on any atom is -0.450 e. The molecule has 1 aliphatic heterocycles. The van der Waals surface area contributed by atoms with Crippen molar-refractivity contribution in [2.75, 3.05) is 6.54 Å². The zero-order valence-electron chi connectivity index (χ0n) is 12.4. The van der Waals surface area contributed by atoms with Crippen LogP contribution < -0.4 is 0 Å². The molecule has 0 unspecified atom stereocenters. The third-order valence-electron chi connectivity index (χ3n) is 3.09. The molecule has 122 valence electrons. The van der Waals surface area contributed by atoms with Crippen LogP contribution in [0.1, 0.15) is 5.76 Å². The molecule has 1 aromatic carbocycles. The monoisotopic (exact) mass is 393 g/mol. The zero-order valence-corrected chi connectivity index (χ0v) is 15.6. The lowest BCUT2D eigenvalue weighted by molar-refractivity contribution is -0.121. The average Bonchev–Trinajstić information content (AvgIpc) is 3.10. The van der Waals surface area contributed by atoms with E-state index in [9.17, 15) is 4.79 Å². The molecule has 0 saturated carbocycles. The number of halogens is 1. The van der Waals surface area contributed by atoms with Gasteiger partial charge in [0.25, 0.3) is 5.91 Å². The fraction of sp³-hybridized carbons (Fsp3) is 0.0588. The first-order valence-electron chi connectivity index (χ1n) is 6.96. The van der Waals surface area contributed by atoms with E-state index in [1.54, 1.807) is 12.2 Å². The van der Waals surface area contributed by atoms with Crippen molar-refractivity contribution in [1.82, 2.24) is 4.90 Å². The van der Waals surface area contributed by atoms with Crippen LogP contribution >= 0.6 is 47.3 Å². The summed E-state index contributed by atoms with van der Waals surface area (Å²) in [6.07, 6.45) is 3.37. The maximum absolute atomic E-state index is 12.3. The minimum atomic E-state index is -0.117. The van der Waals surface area contributed by atoms with E-state index in [0.717, 1.165) is 9.99 Å². The molecule has 2 heterocycles. The summed E-state index contributed by atoms with van der Waals surface area (Å²) in [7, 11) is 0. The van der Waals surface area contributed by atoms with E-state index in [2.05, 4.69) is 6.58 Å². The van der Waals surface area contributed by atoms with E-state index in [1.165, 1.54) is 28.4 Å².